The maximum Gasteiger partial charge on any atom is 0.307 e. The predicted molar refractivity (Wildman–Crippen MR) is 50.7 cm³/mol. The van der Waals surface area contributed by atoms with E-state index in [1.54, 1.807) is 24.3 Å². The Morgan fingerprint density at radius 2 is 1.86 bits per heavy atom. The monoisotopic (exact) mass is 193 g/mol. The van der Waals surface area contributed by atoms with Crippen molar-refractivity contribution in [3.63, 3.8) is 0 Å². The highest BCUT2D eigenvalue weighted by Gasteiger charge is 1.99. The van der Waals surface area contributed by atoms with Crippen molar-refractivity contribution in [2.24, 2.45) is 0 Å². The lowest BCUT2D eigenvalue weighted by Gasteiger charge is -2.01. The second kappa shape index (κ2) is 5.01. The molecule has 2 N–H and O–H groups in total. The molecule has 0 aromatic heterocycles. The van der Waals surface area contributed by atoms with Crippen LogP contribution >= 0.6 is 0 Å². The summed E-state index contributed by atoms with van der Waals surface area (Å²) in [5.41, 5.74) is 1.71. The molecule has 0 aliphatic rings. The summed E-state index contributed by atoms with van der Waals surface area (Å²) < 4.78 is 0. The summed E-state index contributed by atoms with van der Waals surface area (Å²) in [6.07, 6.45) is 0.659. The number of carbonyl (C=O) groups is 2. The van der Waals surface area contributed by atoms with Crippen LogP contribution in [0.2, 0.25) is 0 Å². The normalized spacial score (nSPS) is 9.43. The topological polar surface area (TPSA) is 66.4 Å². The molecule has 0 unspecified atom stereocenters. The van der Waals surface area contributed by atoms with Gasteiger partial charge in [0, 0.05) is 6.54 Å². The van der Waals surface area contributed by atoms with Crippen LogP contribution in [0.3, 0.4) is 0 Å². The van der Waals surface area contributed by atoms with Crippen LogP contribution < -0.4 is 5.32 Å². The lowest BCUT2D eigenvalue weighted by atomic mass is 10.1. The van der Waals surface area contributed by atoms with Gasteiger partial charge in [-0.3, -0.25) is 9.59 Å². The molecule has 0 radical (unpaired) electrons. The molecule has 0 fully saturated rings. The summed E-state index contributed by atoms with van der Waals surface area (Å²) in [7, 11) is 0. The first kappa shape index (κ1) is 10.2. The SMILES string of the molecule is O=CNCc1ccc(CC(=O)O)cc1. The molecule has 1 amide bonds. The Balaban J connectivity index is 2.58. The molecule has 4 heteroatoms. The zero-order chi connectivity index (χ0) is 10.4. The highest BCUT2D eigenvalue weighted by molar-refractivity contribution is 5.70. The van der Waals surface area contributed by atoms with Crippen molar-refractivity contribution < 1.29 is 14.7 Å². The Kier molecular flexibility index (Phi) is 3.67. The molecular weight excluding hydrogens is 182 g/mol. The van der Waals surface area contributed by atoms with E-state index in [-0.39, 0.29) is 6.42 Å². The van der Waals surface area contributed by atoms with E-state index in [0.717, 1.165) is 11.1 Å². The minimum absolute atomic E-state index is 0.0292. The van der Waals surface area contributed by atoms with Crippen molar-refractivity contribution in [1.82, 2.24) is 5.32 Å². The summed E-state index contributed by atoms with van der Waals surface area (Å²) in [5.74, 6) is -0.844. The van der Waals surface area contributed by atoms with Gasteiger partial charge in [0.1, 0.15) is 0 Å². The first-order valence-corrected chi connectivity index (χ1v) is 4.19. The Morgan fingerprint density at radius 1 is 1.29 bits per heavy atom. The van der Waals surface area contributed by atoms with Crippen molar-refractivity contribution in [2.75, 3.05) is 0 Å². The van der Waals surface area contributed by atoms with Gasteiger partial charge >= 0.3 is 5.97 Å². The number of rotatable bonds is 5. The summed E-state index contributed by atoms with van der Waals surface area (Å²) in [6.45, 7) is 0.469. The third-order valence-electron chi connectivity index (χ3n) is 1.77. The Labute approximate surface area is 81.6 Å². The van der Waals surface area contributed by atoms with E-state index in [1.807, 2.05) is 0 Å². The smallest absolute Gasteiger partial charge is 0.307 e. The molecule has 0 saturated carbocycles. The maximum absolute atomic E-state index is 10.4. The zero-order valence-electron chi connectivity index (χ0n) is 7.56. The second-order valence-corrected chi connectivity index (χ2v) is 2.89. The van der Waals surface area contributed by atoms with Crippen LogP contribution in [0.15, 0.2) is 24.3 Å². The van der Waals surface area contributed by atoms with Gasteiger partial charge in [0.15, 0.2) is 0 Å². The number of amides is 1. The molecule has 0 aliphatic heterocycles. The van der Waals surface area contributed by atoms with Gasteiger partial charge in [-0.15, -0.1) is 0 Å². The van der Waals surface area contributed by atoms with Crippen molar-refractivity contribution >= 4 is 12.4 Å². The number of aliphatic carboxylic acids is 1. The summed E-state index contributed by atoms with van der Waals surface area (Å²) >= 11 is 0. The molecule has 1 aromatic carbocycles. The third-order valence-corrected chi connectivity index (χ3v) is 1.77. The van der Waals surface area contributed by atoms with E-state index in [4.69, 9.17) is 5.11 Å². The van der Waals surface area contributed by atoms with Crippen LogP contribution in [0.25, 0.3) is 0 Å². The van der Waals surface area contributed by atoms with Crippen molar-refractivity contribution in [1.29, 1.82) is 0 Å². The van der Waals surface area contributed by atoms with Crippen molar-refractivity contribution in [3.05, 3.63) is 35.4 Å². The van der Waals surface area contributed by atoms with Gasteiger partial charge in [-0.25, -0.2) is 0 Å². The average molecular weight is 193 g/mol. The molecule has 4 nitrogen and oxygen atoms in total. The van der Waals surface area contributed by atoms with Crippen molar-refractivity contribution in [3.8, 4) is 0 Å². The third kappa shape index (κ3) is 3.26. The Hall–Kier alpha value is -1.84. The molecule has 74 valence electrons. The van der Waals surface area contributed by atoms with E-state index in [2.05, 4.69) is 5.32 Å². The minimum Gasteiger partial charge on any atom is -0.481 e. The number of nitrogens with one attached hydrogen (secondary N) is 1. The number of hydrogen-bond acceptors (Lipinski definition) is 2. The lowest BCUT2D eigenvalue weighted by Crippen LogP contribution is -2.09. The Bertz CT molecular complexity index is 319. The number of hydrogen-bond donors (Lipinski definition) is 2. The second-order valence-electron chi connectivity index (χ2n) is 2.89. The Morgan fingerprint density at radius 3 is 2.36 bits per heavy atom. The summed E-state index contributed by atoms with van der Waals surface area (Å²) in [6, 6.07) is 7.09. The lowest BCUT2D eigenvalue weighted by molar-refractivity contribution is -0.136. The van der Waals surface area contributed by atoms with E-state index in [1.165, 1.54) is 0 Å². The van der Waals surface area contributed by atoms with Gasteiger partial charge in [0.05, 0.1) is 6.42 Å². The highest BCUT2D eigenvalue weighted by atomic mass is 16.4. The van der Waals surface area contributed by atoms with Crippen molar-refractivity contribution in [2.45, 2.75) is 13.0 Å². The van der Waals surface area contributed by atoms with Gasteiger partial charge in [-0.05, 0) is 11.1 Å². The van der Waals surface area contributed by atoms with Gasteiger partial charge < -0.3 is 10.4 Å². The van der Waals surface area contributed by atoms with E-state index >= 15 is 0 Å². The quantitative estimate of drug-likeness (QED) is 0.671. The predicted octanol–water partition coefficient (Wildman–Crippen LogP) is 0.560. The molecule has 0 saturated heterocycles. The fourth-order valence-corrected chi connectivity index (χ4v) is 1.11. The molecule has 14 heavy (non-hydrogen) atoms. The standard InChI is InChI=1S/C10H11NO3/c12-7-11-6-9-3-1-8(2-4-9)5-10(13)14/h1-4,7H,5-6H2,(H,11,12)(H,13,14). The largest absolute Gasteiger partial charge is 0.481 e. The molecule has 0 atom stereocenters. The number of carbonyl (C=O) groups excluding carboxylic acids is 1. The molecule has 0 aliphatic carbocycles. The highest BCUT2D eigenvalue weighted by Crippen LogP contribution is 2.04. The fourth-order valence-electron chi connectivity index (χ4n) is 1.11. The number of benzene rings is 1. The number of carboxylic acids is 1. The van der Waals surface area contributed by atoms with E-state index in [0.29, 0.717) is 13.0 Å². The van der Waals surface area contributed by atoms with Gasteiger partial charge in [0.25, 0.3) is 0 Å². The fraction of sp³-hybridized carbons (Fsp3) is 0.200. The van der Waals surface area contributed by atoms with Crippen LogP contribution in [-0.2, 0) is 22.6 Å². The average Bonchev–Trinajstić information content (AvgIpc) is 2.16. The molecule has 1 aromatic rings. The van der Waals surface area contributed by atoms with Crippen LogP contribution in [0.5, 0.6) is 0 Å². The molecular formula is C10H11NO3. The van der Waals surface area contributed by atoms with Crippen LogP contribution in [0, 0.1) is 0 Å². The first-order valence-electron chi connectivity index (χ1n) is 4.19. The van der Waals surface area contributed by atoms with Crippen LogP contribution in [0.4, 0.5) is 0 Å². The molecule has 0 heterocycles. The van der Waals surface area contributed by atoms with Gasteiger partial charge in [-0.2, -0.15) is 0 Å². The van der Waals surface area contributed by atoms with E-state index in [9.17, 15) is 9.59 Å². The van der Waals surface area contributed by atoms with Crippen LogP contribution in [0.1, 0.15) is 11.1 Å². The van der Waals surface area contributed by atoms with Gasteiger partial charge in [0.2, 0.25) is 6.41 Å². The molecule has 0 spiro atoms. The van der Waals surface area contributed by atoms with Gasteiger partial charge in [-0.1, -0.05) is 24.3 Å². The molecule has 0 bridgehead atoms. The number of carboxylic acid groups (broad SMARTS) is 1. The minimum atomic E-state index is -0.844. The summed E-state index contributed by atoms with van der Waals surface area (Å²) in [5, 5.41) is 11.0. The maximum atomic E-state index is 10.4. The van der Waals surface area contributed by atoms with Crippen LogP contribution in [-0.4, -0.2) is 17.5 Å². The summed E-state index contributed by atoms with van der Waals surface area (Å²) in [4.78, 5) is 20.4. The zero-order valence-corrected chi connectivity index (χ0v) is 7.56. The molecule has 1 rings (SSSR count). The first-order chi connectivity index (χ1) is 6.72. The van der Waals surface area contributed by atoms with E-state index < -0.39 is 5.97 Å².